The molecule has 0 bridgehead atoms. The quantitative estimate of drug-likeness (QED) is 0.681. The van der Waals surface area contributed by atoms with Gasteiger partial charge in [-0.05, 0) is 30.2 Å². The summed E-state index contributed by atoms with van der Waals surface area (Å²) in [6, 6.07) is 9.93. The summed E-state index contributed by atoms with van der Waals surface area (Å²) in [5, 5.41) is 37.8. The van der Waals surface area contributed by atoms with Gasteiger partial charge in [0.05, 0.1) is 7.11 Å². The van der Waals surface area contributed by atoms with Gasteiger partial charge in [0.15, 0.2) is 0 Å². The lowest BCUT2D eigenvalue weighted by molar-refractivity contribution is 0.415. The first kappa shape index (κ1) is 15.7. The van der Waals surface area contributed by atoms with Gasteiger partial charge in [-0.15, -0.1) is 0 Å². The molecule has 0 amide bonds. The van der Waals surface area contributed by atoms with Gasteiger partial charge >= 0.3 is 0 Å². The largest absolute Gasteiger partial charge is 0.508 e. The summed E-state index contributed by atoms with van der Waals surface area (Å²) in [6.45, 7) is 1.89. The molecule has 3 aromatic rings. The molecule has 2 aromatic carbocycles. The number of ether oxygens (including phenoxy) is 1. The summed E-state index contributed by atoms with van der Waals surface area (Å²) >= 11 is 0. The fourth-order valence-corrected chi connectivity index (χ4v) is 2.53. The van der Waals surface area contributed by atoms with Crippen LogP contribution in [0.1, 0.15) is 12.5 Å². The summed E-state index contributed by atoms with van der Waals surface area (Å²) < 4.78 is 6.53. The minimum Gasteiger partial charge on any atom is -0.508 e. The third-order valence-electron chi connectivity index (χ3n) is 3.78. The summed E-state index contributed by atoms with van der Waals surface area (Å²) in [6.07, 6.45) is 0.578. The van der Waals surface area contributed by atoms with Crippen LogP contribution in [0.3, 0.4) is 0 Å². The van der Waals surface area contributed by atoms with Gasteiger partial charge in [-0.1, -0.05) is 29.4 Å². The highest BCUT2D eigenvalue weighted by Crippen LogP contribution is 2.36. The van der Waals surface area contributed by atoms with Crippen molar-refractivity contribution in [2.24, 2.45) is 0 Å². The molecule has 0 saturated carbocycles. The van der Waals surface area contributed by atoms with E-state index in [0.29, 0.717) is 34.7 Å². The van der Waals surface area contributed by atoms with Gasteiger partial charge in [0, 0.05) is 11.6 Å². The maximum Gasteiger partial charge on any atom is 0.259 e. The Balaban J connectivity index is 2.21. The van der Waals surface area contributed by atoms with Gasteiger partial charge in [-0.2, -0.15) is 0 Å². The number of aromatic nitrogens is 3. The minimum atomic E-state index is -0.270. The summed E-state index contributed by atoms with van der Waals surface area (Å²) in [7, 11) is 1.55. The smallest absolute Gasteiger partial charge is 0.259 e. The van der Waals surface area contributed by atoms with Crippen molar-refractivity contribution in [3.63, 3.8) is 0 Å². The van der Waals surface area contributed by atoms with Gasteiger partial charge < -0.3 is 20.1 Å². The number of phenols is 2. The Morgan fingerprint density at radius 2 is 1.88 bits per heavy atom. The van der Waals surface area contributed by atoms with Crippen molar-refractivity contribution in [3.05, 3.63) is 42.0 Å². The number of methoxy groups -OCH3 is 1. The van der Waals surface area contributed by atoms with Crippen LogP contribution in [-0.2, 0) is 6.42 Å². The van der Waals surface area contributed by atoms with Gasteiger partial charge in [0.1, 0.15) is 28.6 Å². The van der Waals surface area contributed by atoms with E-state index in [1.165, 1.54) is 10.7 Å². The topological polar surface area (TPSA) is 101 Å². The van der Waals surface area contributed by atoms with Crippen LogP contribution in [0.25, 0.3) is 16.9 Å². The highest BCUT2D eigenvalue weighted by atomic mass is 16.5. The minimum absolute atomic E-state index is 0.00557. The molecule has 1 heterocycles. The zero-order valence-corrected chi connectivity index (χ0v) is 13.3. The third-order valence-corrected chi connectivity index (χ3v) is 3.78. The SMILES string of the molecule is CCc1cc(-n2nnc(O)c2-c2cccc(OC)c2)c(O)cc1O. The Labute approximate surface area is 138 Å². The van der Waals surface area contributed by atoms with Crippen molar-refractivity contribution in [3.8, 4) is 40.1 Å². The molecule has 0 unspecified atom stereocenters. The number of aromatic hydroxyl groups is 3. The van der Waals surface area contributed by atoms with Crippen LogP contribution in [0.2, 0.25) is 0 Å². The fraction of sp³-hybridized carbons (Fsp3) is 0.176. The van der Waals surface area contributed by atoms with Crippen molar-refractivity contribution in [1.29, 1.82) is 0 Å². The van der Waals surface area contributed by atoms with E-state index >= 15 is 0 Å². The summed E-state index contributed by atoms with van der Waals surface area (Å²) in [5.74, 6) is 0.183. The van der Waals surface area contributed by atoms with Crippen molar-refractivity contribution in [2.45, 2.75) is 13.3 Å². The number of nitrogens with zero attached hydrogens (tertiary/aromatic N) is 3. The normalized spacial score (nSPS) is 10.8. The molecule has 0 aliphatic carbocycles. The van der Waals surface area contributed by atoms with Crippen molar-refractivity contribution >= 4 is 0 Å². The van der Waals surface area contributed by atoms with Crippen LogP contribution >= 0.6 is 0 Å². The molecule has 0 radical (unpaired) electrons. The molecule has 124 valence electrons. The first-order valence-corrected chi connectivity index (χ1v) is 7.39. The van der Waals surface area contributed by atoms with Crippen LogP contribution in [0.15, 0.2) is 36.4 Å². The van der Waals surface area contributed by atoms with Crippen LogP contribution in [0.5, 0.6) is 23.1 Å². The lowest BCUT2D eigenvalue weighted by atomic mass is 10.1. The molecule has 24 heavy (non-hydrogen) atoms. The van der Waals surface area contributed by atoms with Gasteiger partial charge in [0.25, 0.3) is 5.88 Å². The van der Waals surface area contributed by atoms with Gasteiger partial charge in [0.2, 0.25) is 0 Å². The molecule has 0 fully saturated rings. The molecule has 0 aliphatic rings. The third kappa shape index (κ3) is 2.60. The molecule has 7 heteroatoms. The fourth-order valence-electron chi connectivity index (χ4n) is 2.53. The Hall–Kier alpha value is -3.22. The predicted molar refractivity (Wildman–Crippen MR) is 87.7 cm³/mol. The molecule has 0 saturated heterocycles. The Kier molecular flexibility index (Phi) is 3.99. The summed E-state index contributed by atoms with van der Waals surface area (Å²) in [5.41, 5.74) is 1.91. The molecule has 7 nitrogen and oxygen atoms in total. The lowest BCUT2D eigenvalue weighted by Crippen LogP contribution is -2.01. The first-order valence-electron chi connectivity index (χ1n) is 7.39. The highest BCUT2D eigenvalue weighted by Gasteiger charge is 2.19. The average Bonchev–Trinajstić information content (AvgIpc) is 2.96. The number of hydrogen-bond donors (Lipinski definition) is 3. The standard InChI is InChI=1S/C17H17N3O4/c1-3-10-8-13(15(22)9-14(10)21)20-16(17(23)18-19-20)11-5-4-6-12(7-11)24-2/h4-9,21-23H,3H2,1-2H3. The van der Waals surface area contributed by atoms with E-state index in [9.17, 15) is 15.3 Å². The van der Waals surface area contributed by atoms with E-state index < -0.39 is 0 Å². The predicted octanol–water partition coefficient (Wildman–Crippen LogP) is 2.62. The van der Waals surface area contributed by atoms with Gasteiger partial charge in [-0.3, -0.25) is 0 Å². The van der Waals surface area contributed by atoms with E-state index in [1.54, 1.807) is 37.4 Å². The zero-order chi connectivity index (χ0) is 17.3. The lowest BCUT2D eigenvalue weighted by Gasteiger charge is -2.12. The van der Waals surface area contributed by atoms with E-state index in [2.05, 4.69) is 10.3 Å². The molecule has 0 spiro atoms. The van der Waals surface area contributed by atoms with Crippen molar-refractivity contribution in [1.82, 2.24) is 15.0 Å². The zero-order valence-electron chi connectivity index (χ0n) is 13.3. The van der Waals surface area contributed by atoms with Crippen LogP contribution in [0.4, 0.5) is 0 Å². The monoisotopic (exact) mass is 327 g/mol. The first-order chi connectivity index (χ1) is 11.5. The number of aryl methyl sites for hydroxylation is 1. The number of phenolic OH excluding ortho intramolecular Hbond substituents is 2. The van der Waals surface area contributed by atoms with Crippen LogP contribution in [-0.4, -0.2) is 37.4 Å². The number of benzene rings is 2. The summed E-state index contributed by atoms with van der Waals surface area (Å²) in [4.78, 5) is 0. The van der Waals surface area contributed by atoms with E-state index in [4.69, 9.17) is 4.74 Å². The molecule has 3 N–H and O–H groups in total. The molecular formula is C17H17N3O4. The molecule has 0 atom stereocenters. The Morgan fingerprint density at radius 1 is 1.08 bits per heavy atom. The van der Waals surface area contributed by atoms with Crippen LogP contribution < -0.4 is 4.74 Å². The van der Waals surface area contributed by atoms with Crippen molar-refractivity contribution in [2.75, 3.05) is 7.11 Å². The molecule has 1 aromatic heterocycles. The molecule has 3 rings (SSSR count). The molecular weight excluding hydrogens is 310 g/mol. The maximum atomic E-state index is 10.2. The maximum absolute atomic E-state index is 10.2. The number of rotatable bonds is 4. The highest BCUT2D eigenvalue weighted by molar-refractivity contribution is 5.69. The van der Waals surface area contributed by atoms with Gasteiger partial charge in [-0.25, -0.2) is 4.68 Å². The molecule has 0 aliphatic heterocycles. The Bertz CT molecular complexity index is 890. The van der Waals surface area contributed by atoms with Crippen molar-refractivity contribution < 1.29 is 20.1 Å². The van der Waals surface area contributed by atoms with E-state index in [0.717, 1.165) is 0 Å². The Morgan fingerprint density at radius 3 is 2.58 bits per heavy atom. The van der Waals surface area contributed by atoms with E-state index in [1.807, 2.05) is 6.92 Å². The number of hydrogen-bond acceptors (Lipinski definition) is 6. The average molecular weight is 327 g/mol. The second-order valence-corrected chi connectivity index (χ2v) is 5.23. The van der Waals surface area contributed by atoms with Crippen LogP contribution in [0, 0.1) is 0 Å². The second-order valence-electron chi connectivity index (χ2n) is 5.23. The van der Waals surface area contributed by atoms with E-state index in [-0.39, 0.29) is 17.4 Å². The second kappa shape index (κ2) is 6.11.